The number of carbonyl (C=O) groups is 2. The molecule has 3 aromatic rings. The highest BCUT2D eigenvalue weighted by molar-refractivity contribution is 7.20. The molecule has 26 heavy (non-hydrogen) atoms. The number of nitrogens with one attached hydrogen (secondary N) is 2. The van der Waals surface area contributed by atoms with Gasteiger partial charge >= 0.3 is 0 Å². The zero-order chi connectivity index (χ0) is 18.7. The van der Waals surface area contributed by atoms with Gasteiger partial charge in [-0.15, -0.1) is 11.3 Å². The number of halogens is 1. The summed E-state index contributed by atoms with van der Waals surface area (Å²) in [5.41, 5.74) is 1.56. The van der Waals surface area contributed by atoms with Gasteiger partial charge in [0.2, 0.25) is 5.91 Å². The van der Waals surface area contributed by atoms with Gasteiger partial charge in [-0.05, 0) is 35.9 Å². The number of hydrogen-bond acceptors (Lipinski definition) is 3. The average molecular weight is 370 g/mol. The maximum absolute atomic E-state index is 13.8. The molecule has 0 unspecified atom stereocenters. The molecule has 1 heterocycles. The Kier molecular flexibility index (Phi) is 5.32. The summed E-state index contributed by atoms with van der Waals surface area (Å²) in [7, 11) is 0. The summed E-state index contributed by atoms with van der Waals surface area (Å²) in [6.07, 6.45) is 0. The van der Waals surface area contributed by atoms with E-state index >= 15 is 0 Å². The normalized spacial score (nSPS) is 10.9. The fraction of sp³-hybridized carbons (Fsp3) is 0.200. The minimum Gasteiger partial charge on any atom is -0.347 e. The van der Waals surface area contributed by atoms with Crippen molar-refractivity contribution in [3.8, 4) is 0 Å². The molecule has 2 aromatic carbocycles. The van der Waals surface area contributed by atoms with Crippen LogP contribution < -0.4 is 10.6 Å². The summed E-state index contributed by atoms with van der Waals surface area (Å²) in [6, 6.07) is 13.7. The standard InChI is InChI=1S/C20H19FN2O2S/c1-12(2)19(24)23-14-6-3-5-13(9-14)11-22-20(25)18-10-15-16(21)7-4-8-17(15)26-18/h3-10,12H,11H2,1-2H3,(H,22,25)(H,23,24). The molecule has 4 nitrogen and oxygen atoms in total. The zero-order valence-corrected chi connectivity index (χ0v) is 15.3. The predicted molar refractivity (Wildman–Crippen MR) is 103 cm³/mol. The number of anilines is 1. The van der Waals surface area contributed by atoms with E-state index in [9.17, 15) is 14.0 Å². The quantitative estimate of drug-likeness (QED) is 0.691. The van der Waals surface area contributed by atoms with Crippen LogP contribution in [0.2, 0.25) is 0 Å². The van der Waals surface area contributed by atoms with Crippen LogP contribution in [-0.4, -0.2) is 11.8 Å². The van der Waals surface area contributed by atoms with E-state index in [1.54, 1.807) is 24.3 Å². The van der Waals surface area contributed by atoms with Crippen molar-refractivity contribution in [2.24, 2.45) is 5.92 Å². The van der Waals surface area contributed by atoms with Crippen LogP contribution in [-0.2, 0) is 11.3 Å². The molecule has 0 aliphatic heterocycles. The second-order valence-electron chi connectivity index (χ2n) is 6.29. The molecule has 0 aliphatic rings. The highest BCUT2D eigenvalue weighted by Crippen LogP contribution is 2.27. The van der Waals surface area contributed by atoms with E-state index in [-0.39, 0.29) is 23.5 Å². The lowest BCUT2D eigenvalue weighted by molar-refractivity contribution is -0.118. The average Bonchev–Trinajstić information content (AvgIpc) is 3.06. The first-order valence-electron chi connectivity index (χ1n) is 8.30. The van der Waals surface area contributed by atoms with Crippen molar-refractivity contribution >= 4 is 38.9 Å². The monoisotopic (exact) mass is 370 g/mol. The lowest BCUT2D eigenvalue weighted by Gasteiger charge is -2.10. The number of hydrogen-bond donors (Lipinski definition) is 2. The molecule has 0 atom stereocenters. The number of benzene rings is 2. The van der Waals surface area contributed by atoms with Gasteiger partial charge in [0, 0.05) is 28.2 Å². The van der Waals surface area contributed by atoms with Gasteiger partial charge in [0.05, 0.1) is 4.88 Å². The summed E-state index contributed by atoms with van der Waals surface area (Å²) >= 11 is 1.26. The van der Waals surface area contributed by atoms with Crippen molar-refractivity contribution in [1.82, 2.24) is 5.32 Å². The molecule has 0 saturated heterocycles. The Morgan fingerprint density at radius 2 is 1.88 bits per heavy atom. The zero-order valence-electron chi connectivity index (χ0n) is 14.5. The summed E-state index contributed by atoms with van der Waals surface area (Å²) in [4.78, 5) is 24.6. The second kappa shape index (κ2) is 7.66. The van der Waals surface area contributed by atoms with Crippen molar-refractivity contribution in [2.75, 3.05) is 5.32 Å². The molecule has 134 valence electrons. The third-order valence-corrected chi connectivity index (χ3v) is 5.00. The first-order chi connectivity index (χ1) is 12.4. The molecule has 0 spiro atoms. The van der Waals surface area contributed by atoms with Crippen LogP contribution in [0.15, 0.2) is 48.5 Å². The predicted octanol–water partition coefficient (Wildman–Crippen LogP) is 4.56. The van der Waals surface area contributed by atoms with Crippen LogP contribution in [0.3, 0.4) is 0 Å². The first-order valence-corrected chi connectivity index (χ1v) is 9.12. The maximum atomic E-state index is 13.8. The Morgan fingerprint density at radius 3 is 2.62 bits per heavy atom. The smallest absolute Gasteiger partial charge is 0.261 e. The minimum atomic E-state index is -0.327. The number of amides is 2. The van der Waals surface area contributed by atoms with E-state index in [1.807, 2.05) is 32.0 Å². The Bertz CT molecular complexity index is 965. The van der Waals surface area contributed by atoms with Crippen LogP contribution in [0.25, 0.3) is 10.1 Å². The number of carbonyl (C=O) groups excluding carboxylic acids is 2. The number of thiophene rings is 1. The van der Waals surface area contributed by atoms with E-state index in [0.717, 1.165) is 10.3 Å². The topological polar surface area (TPSA) is 58.2 Å². The minimum absolute atomic E-state index is 0.0570. The van der Waals surface area contributed by atoms with Gasteiger partial charge in [-0.25, -0.2) is 4.39 Å². The highest BCUT2D eigenvalue weighted by atomic mass is 32.1. The molecule has 1 aromatic heterocycles. The van der Waals surface area contributed by atoms with Crippen molar-refractivity contribution in [3.05, 3.63) is 64.8 Å². The van der Waals surface area contributed by atoms with Gasteiger partial charge in [-0.1, -0.05) is 32.0 Å². The second-order valence-corrected chi connectivity index (χ2v) is 7.37. The third kappa shape index (κ3) is 4.08. The van der Waals surface area contributed by atoms with Gasteiger partial charge in [0.25, 0.3) is 5.91 Å². The molecular weight excluding hydrogens is 351 g/mol. The molecule has 2 N–H and O–H groups in total. The summed E-state index contributed by atoms with van der Waals surface area (Å²) in [6.45, 7) is 3.97. The SMILES string of the molecule is CC(C)C(=O)Nc1cccc(CNC(=O)c2cc3c(F)cccc3s2)c1. The fourth-order valence-corrected chi connectivity index (χ4v) is 3.44. The van der Waals surface area contributed by atoms with E-state index in [0.29, 0.717) is 22.5 Å². The number of rotatable bonds is 5. The molecular formula is C20H19FN2O2S. The molecule has 2 amide bonds. The van der Waals surface area contributed by atoms with E-state index < -0.39 is 0 Å². The van der Waals surface area contributed by atoms with E-state index in [1.165, 1.54) is 17.4 Å². The number of fused-ring (bicyclic) bond motifs is 1. The van der Waals surface area contributed by atoms with Gasteiger partial charge in [0.1, 0.15) is 5.82 Å². The van der Waals surface area contributed by atoms with Gasteiger partial charge < -0.3 is 10.6 Å². The summed E-state index contributed by atoms with van der Waals surface area (Å²) in [5.74, 6) is -0.737. The van der Waals surface area contributed by atoms with E-state index in [2.05, 4.69) is 10.6 Å². The van der Waals surface area contributed by atoms with Crippen LogP contribution in [0.4, 0.5) is 10.1 Å². The van der Waals surface area contributed by atoms with Gasteiger partial charge in [-0.3, -0.25) is 9.59 Å². The molecule has 6 heteroatoms. The highest BCUT2D eigenvalue weighted by Gasteiger charge is 2.12. The maximum Gasteiger partial charge on any atom is 0.261 e. The molecule has 3 rings (SSSR count). The Balaban J connectivity index is 1.67. The third-order valence-electron chi connectivity index (χ3n) is 3.90. The van der Waals surface area contributed by atoms with Crippen LogP contribution in [0.5, 0.6) is 0 Å². The van der Waals surface area contributed by atoms with Crippen LogP contribution in [0.1, 0.15) is 29.1 Å². The Labute approximate surface area is 155 Å². The van der Waals surface area contributed by atoms with Gasteiger partial charge in [0.15, 0.2) is 0 Å². The lowest BCUT2D eigenvalue weighted by atomic mass is 10.1. The lowest BCUT2D eigenvalue weighted by Crippen LogP contribution is -2.22. The molecule has 0 saturated carbocycles. The first kappa shape index (κ1) is 18.1. The fourth-order valence-electron chi connectivity index (χ4n) is 2.45. The summed E-state index contributed by atoms with van der Waals surface area (Å²) in [5, 5.41) is 6.13. The van der Waals surface area contributed by atoms with Crippen molar-refractivity contribution in [3.63, 3.8) is 0 Å². The molecule has 0 aliphatic carbocycles. The van der Waals surface area contributed by atoms with E-state index in [4.69, 9.17) is 0 Å². The Hall–Kier alpha value is -2.73. The molecule has 0 bridgehead atoms. The van der Waals surface area contributed by atoms with Crippen LogP contribution >= 0.6 is 11.3 Å². The molecule has 0 fully saturated rings. The van der Waals surface area contributed by atoms with Gasteiger partial charge in [-0.2, -0.15) is 0 Å². The summed E-state index contributed by atoms with van der Waals surface area (Å²) < 4.78 is 14.5. The largest absolute Gasteiger partial charge is 0.347 e. The van der Waals surface area contributed by atoms with Crippen molar-refractivity contribution in [2.45, 2.75) is 20.4 Å². The van der Waals surface area contributed by atoms with Crippen LogP contribution in [0, 0.1) is 11.7 Å². The Morgan fingerprint density at radius 1 is 1.12 bits per heavy atom. The van der Waals surface area contributed by atoms with Crippen molar-refractivity contribution in [1.29, 1.82) is 0 Å². The molecule has 0 radical (unpaired) electrons. The van der Waals surface area contributed by atoms with Crippen molar-refractivity contribution < 1.29 is 14.0 Å².